The molecule has 0 saturated carbocycles. The van der Waals surface area contributed by atoms with Gasteiger partial charge in [-0.1, -0.05) is 12.1 Å². The van der Waals surface area contributed by atoms with Crippen LogP contribution in [0.3, 0.4) is 0 Å². The first-order chi connectivity index (χ1) is 7.02. The lowest BCUT2D eigenvalue weighted by Gasteiger charge is -2.03. The van der Waals surface area contributed by atoms with Gasteiger partial charge in [-0.2, -0.15) is 0 Å². The molecular formula is C9H8O5S. The molecule has 0 aliphatic carbocycles. The van der Waals surface area contributed by atoms with Gasteiger partial charge in [0.25, 0.3) is 0 Å². The zero-order valence-electron chi connectivity index (χ0n) is 7.54. The van der Waals surface area contributed by atoms with Crippen LogP contribution in [0.4, 0.5) is 0 Å². The third kappa shape index (κ3) is 2.88. The molecule has 0 spiro atoms. The van der Waals surface area contributed by atoms with Gasteiger partial charge in [-0.15, -0.1) is 0 Å². The van der Waals surface area contributed by atoms with E-state index in [4.69, 9.17) is 10.2 Å². The Balaban J connectivity index is 3.08. The number of benzene rings is 1. The summed E-state index contributed by atoms with van der Waals surface area (Å²) in [5.74, 6) is -3.04. The molecule has 0 amide bonds. The summed E-state index contributed by atoms with van der Waals surface area (Å²) in [6.07, 6.45) is 0. The van der Waals surface area contributed by atoms with Crippen molar-refractivity contribution in [2.24, 2.45) is 0 Å². The predicted molar refractivity (Wildman–Crippen MR) is 52.3 cm³/mol. The first-order valence-electron chi connectivity index (χ1n) is 3.95. The number of carboxylic acid groups (broad SMARTS) is 2. The molecule has 0 aromatic heterocycles. The second-order valence-corrected chi connectivity index (χ2v) is 4.10. The van der Waals surface area contributed by atoms with Crippen molar-refractivity contribution in [1.82, 2.24) is 0 Å². The zero-order valence-corrected chi connectivity index (χ0v) is 8.36. The second kappa shape index (κ2) is 4.70. The fraction of sp³-hybridized carbons (Fsp3) is 0.111. The van der Waals surface area contributed by atoms with E-state index < -0.39 is 28.5 Å². The SMILES string of the molecule is O=C(O)CS(=O)c1ccccc1C(=O)O. The molecule has 1 aromatic rings. The maximum absolute atomic E-state index is 11.4. The molecule has 0 bridgehead atoms. The fourth-order valence-electron chi connectivity index (χ4n) is 1.03. The van der Waals surface area contributed by atoms with Gasteiger partial charge in [0, 0.05) is 0 Å². The summed E-state index contributed by atoms with van der Waals surface area (Å²) in [6, 6.07) is 5.65. The van der Waals surface area contributed by atoms with Crippen LogP contribution in [-0.4, -0.2) is 32.1 Å². The topological polar surface area (TPSA) is 91.7 Å². The Bertz CT molecular complexity index is 426. The summed E-state index contributed by atoms with van der Waals surface area (Å²) in [6.45, 7) is 0. The van der Waals surface area contributed by atoms with Crippen molar-refractivity contribution in [1.29, 1.82) is 0 Å². The van der Waals surface area contributed by atoms with Crippen LogP contribution in [0.15, 0.2) is 29.2 Å². The first kappa shape index (κ1) is 11.4. The average Bonchev–Trinajstić information content (AvgIpc) is 2.16. The summed E-state index contributed by atoms with van der Waals surface area (Å²) in [5, 5.41) is 17.2. The fourth-order valence-corrected chi connectivity index (χ4v) is 2.04. The number of carboxylic acids is 2. The van der Waals surface area contributed by atoms with Gasteiger partial charge in [-0.3, -0.25) is 9.00 Å². The molecular weight excluding hydrogens is 220 g/mol. The van der Waals surface area contributed by atoms with Crippen molar-refractivity contribution >= 4 is 22.7 Å². The minimum absolute atomic E-state index is 0.0346. The van der Waals surface area contributed by atoms with Gasteiger partial charge in [0.1, 0.15) is 5.75 Å². The Morgan fingerprint density at radius 2 is 1.80 bits per heavy atom. The van der Waals surface area contributed by atoms with Gasteiger partial charge >= 0.3 is 11.9 Å². The van der Waals surface area contributed by atoms with Crippen molar-refractivity contribution in [2.45, 2.75) is 4.90 Å². The molecule has 1 atom stereocenters. The molecule has 2 N–H and O–H groups in total. The summed E-state index contributed by atoms with van der Waals surface area (Å²) in [7, 11) is -1.83. The highest BCUT2D eigenvalue weighted by atomic mass is 32.2. The third-order valence-corrected chi connectivity index (χ3v) is 2.97. The maximum Gasteiger partial charge on any atom is 0.336 e. The number of rotatable bonds is 4. The molecule has 80 valence electrons. The molecule has 0 heterocycles. The molecule has 1 unspecified atom stereocenters. The monoisotopic (exact) mass is 228 g/mol. The zero-order chi connectivity index (χ0) is 11.4. The smallest absolute Gasteiger partial charge is 0.336 e. The Morgan fingerprint density at radius 3 is 2.33 bits per heavy atom. The third-order valence-electron chi connectivity index (χ3n) is 1.62. The van der Waals surface area contributed by atoms with Crippen molar-refractivity contribution in [3.63, 3.8) is 0 Å². The van der Waals surface area contributed by atoms with Crippen LogP contribution in [0.5, 0.6) is 0 Å². The van der Waals surface area contributed by atoms with Gasteiger partial charge in [0.05, 0.1) is 21.3 Å². The molecule has 6 heteroatoms. The number of hydrogen-bond donors (Lipinski definition) is 2. The lowest BCUT2D eigenvalue weighted by molar-refractivity contribution is -0.133. The van der Waals surface area contributed by atoms with E-state index in [2.05, 4.69) is 0 Å². The standard InChI is InChI=1S/C9H8O5S/c10-8(11)5-15(14)7-4-2-1-3-6(7)9(12)13/h1-4H,5H2,(H,10,11)(H,12,13). The molecule has 0 fully saturated rings. The molecule has 5 nitrogen and oxygen atoms in total. The van der Waals surface area contributed by atoms with Gasteiger partial charge in [-0.25, -0.2) is 4.79 Å². The van der Waals surface area contributed by atoms with Crippen LogP contribution in [-0.2, 0) is 15.6 Å². The maximum atomic E-state index is 11.4. The number of aliphatic carboxylic acids is 1. The second-order valence-electron chi connectivity index (χ2n) is 2.68. The number of hydrogen-bond acceptors (Lipinski definition) is 3. The number of carbonyl (C=O) groups is 2. The van der Waals surface area contributed by atoms with Crippen LogP contribution >= 0.6 is 0 Å². The van der Waals surface area contributed by atoms with E-state index in [0.29, 0.717) is 0 Å². The molecule has 0 radical (unpaired) electrons. The summed E-state index contributed by atoms with van der Waals surface area (Å²) in [5.41, 5.74) is -0.128. The normalized spacial score (nSPS) is 12.0. The average molecular weight is 228 g/mol. The summed E-state index contributed by atoms with van der Waals surface area (Å²) in [4.78, 5) is 21.1. The molecule has 1 rings (SSSR count). The van der Waals surface area contributed by atoms with Crippen molar-refractivity contribution in [3.8, 4) is 0 Å². The first-order valence-corrected chi connectivity index (χ1v) is 5.26. The Morgan fingerprint density at radius 1 is 1.20 bits per heavy atom. The van der Waals surface area contributed by atoms with Crippen LogP contribution in [0.2, 0.25) is 0 Å². The summed E-state index contributed by atoms with van der Waals surface area (Å²) >= 11 is 0. The lowest BCUT2D eigenvalue weighted by atomic mass is 10.2. The van der Waals surface area contributed by atoms with Gasteiger partial charge in [-0.05, 0) is 12.1 Å². The lowest BCUT2D eigenvalue weighted by Crippen LogP contribution is -2.12. The van der Waals surface area contributed by atoms with E-state index in [1.165, 1.54) is 24.3 Å². The van der Waals surface area contributed by atoms with Gasteiger partial charge < -0.3 is 10.2 Å². The van der Waals surface area contributed by atoms with E-state index in [9.17, 15) is 13.8 Å². The van der Waals surface area contributed by atoms with E-state index in [1.54, 1.807) is 0 Å². The van der Waals surface area contributed by atoms with E-state index in [1.807, 2.05) is 0 Å². The summed E-state index contributed by atoms with van der Waals surface area (Å²) < 4.78 is 11.4. The largest absolute Gasteiger partial charge is 0.481 e. The molecule has 15 heavy (non-hydrogen) atoms. The van der Waals surface area contributed by atoms with E-state index >= 15 is 0 Å². The number of aromatic carboxylic acids is 1. The Hall–Kier alpha value is -1.69. The Labute approximate surface area is 87.8 Å². The Kier molecular flexibility index (Phi) is 3.56. The van der Waals surface area contributed by atoms with Crippen LogP contribution in [0.25, 0.3) is 0 Å². The van der Waals surface area contributed by atoms with Gasteiger partial charge in [0.15, 0.2) is 0 Å². The van der Waals surface area contributed by atoms with E-state index in [-0.39, 0.29) is 10.5 Å². The van der Waals surface area contributed by atoms with Crippen molar-refractivity contribution < 1.29 is 24.0 Å². The predicted octanol–water partition coefficient (Wildman–Crippen LogP) is 0.577. The quantitative estimate of drug-likeness (QED) is 0.786. The highest BCUT2D eigenvalue weighted by molar-refractivity contribution is 7.85. The molecule has 1 aromatic carbocycles. The van der Waals surface area contributed by atoms with Crippen molar-refractivity contribution in [2.75, 3.05) is 5.75 Å². The molecule has 0 saturated heterocycles. The molecule has 0 aliphatic rings. The van der Waals surface area contributed by atoms with Crippen molar-refractivity contribution in [3.05, 3.63) is 29.8 Å². The minimum atomic E-state index is -1.83. The van der Waals surface area contributed by atoms with E-state index in [0.717, 1.165) is 0 Å². The minimum Gasteiger partial charge on any atom is -0.481 e. The van der Waals surface area contributed by atoms with Crippen LogP contribution in [0, 0.1) is 0 Å². The highest BCUT2D eigenvalue weighted by Gasteiger charge is 2.16. The molecule has 0 aliphatic heterocycles. The van der Waals surface area contributed by atoms with Crippen LogP contribution in [0.1, 0.15) is 10.4 Å². The highest BCUT2D eigenvalue weighted by Crippen LogP contribution is 2.13. The van der Waals surface area contributed by atoms with Crippen LogP contribution < -0.4 is 0 Å². The van der Waals surface area contributed by atoms with Gasteiger partial charge in [0.2, 0.25) is 0 Å².